The van der Waals surface area contributed by atoms with Gasteiger partial charge in [-0.2, -0.15) is 13.2 Å². The second-order valence-corrected chi connectivity index (χ2v) is 6.01. The first kappa shape index (κ1) is 19.8. The Morgan fingerprint density at radius 3 is 2.46 bits per heavy atom. The molecule has 8 heteroatoms. The molecule has 132 valence electrons. The Morgan fingerprint density at radius 2 is 2.04 bits per heavy atom. The normalized spacial score (nSPS) is 25.6. The van der Waals surface area contributed by atoms with Crippen molar-refractivity contribution >= 4 is 11.7 Å². The molecule has 1 unspecified atom stereocenters. The molecule has 0 saturated carbocycles. The maximum Gasteiger partial charge on any atom is 0.424 e. The van der Waals surface area contributed by atoms with Crippen molar-refractivity contribution in [1.29, 1.82) is 0 Å². The summed E-state index contributed by atoms with van der Waals surface area (Å²) in [5, 5.41) is 23.2. The minimum Gasteiger partial charge on any atom is -0.478 e. The largest absolute Gasteiger partial charge is 0.478 e. The predicted octanol–water partition coefficient (Wildman–Crippen LogP) is 2.67. The lowest BCUT2D eigenvalue weighted by Crippen LogP contribution is -2.48. The molecular weight excluding hydrogens is 327 g/mol. The highest BCUT2D eigenvalue weighted by Crippen LogP contribution is 2.43. The zero-order valence-electron chi connectivity index (χ0n) is 13.7. The van der Waals surface area contributed by atoms with Crippen LogP contribution >= 0.6 is 0 Å². The van der Waals surface area contributed by atoms with Crippen molar-refractivity contribution in [3.05, 3.63) is 23.3 Å². The molecule has 1 atom stereocenters. The molecular formula is C16H18F3NO4. The van der Waals surface area contributed by atoms with E-state index in [2.05, 4.69) is 15.9 Å². The third-order valence-corrected chi connectivity index (χ3v) is 3.72. The molecule has 0 aromatic rings. The molecule has 1 aliphatic rings. The summed E-state index contributed by atoms with van der Waals surface area (Å²) in [6.45, 7) is 4.75. The first-order valence-corrected chi connectivity index (χ1v) is 6.89. The molecule has 0 heterocycles. The van der Waals surface area contributed by atoms with E-state index in [4.69, 9.17) is 5.11 Å². The van der Waals surface area contributed by atoms with Gasteiger partial charge in [0.25, 0.3) is 0 Å². The number of halogens is 3. The second kappa shape index (κ2) is 6.69. The van der Waals surface area contributed by atoms with Crippen LogP contribution < -0.4 is 0 Å². The average molecular weight is 345 g/mol. The number of oxime groups is 1. The third-order valence-electron chi connectivity index (χ3n) is 3.72. The van der Waals surface area contributed by atoms with E-state index in [-0.39, 0.29) is 12.5 Å². The Morgan fingerprint density at radius 1 is 1.46 bits per heavy atom. The molecule has 0 bridgehead atoms. The number of carboxylic acids is 1. The number of aliphatic carboxylic acids is 1. The number of rotatable bonds is 2. The van der Waals surface area contributed by atoms with Gasteiger partial charge in [0.15, 0.2) is 5.60 Å². The van der Waals surface area contributed by atoms with Crippen LogP contribution in [-0.2, 0) is 9.63 Å². The molecule has 0 aromatic heterocycles. The lowest BCUT2D eigenvalue weighted by molar-refractivity contribution is -0.132. The van der Waals surface area contributed by atoms with Gasteiger partial charge in [-0.25, -0.2) is 4.79 Å². The first-order chi connectivity index (χ1) is 10.8. The third kappa shape index (κ3) is 4.17. The van der Waals surface area contributed by atoms with E-state index in [0.717, 1.165) is 0 Å². The lowest BCUT2D eigenvalue weighted by atomic mass is 9.65. The van der Waals surface area contributed by atoms with Gasteiger partial charge in [-0.1, -0.05) is 30.8 Å². The smallest absolute Gasteiger partial charge is 0.424 e. The van der Waals surface area contributed by atoms with Gasteiger partial charge in [0, 0.05) is 17.9 Å². The minimum absolute atomic E-state index is 0.0248. The Balaban J connectivity index is 3.43. The quantitative estimate of drug-likeness (QED) is 0.458. The standard InChI is InChI=1S/C16H18F3NO4/c1-10-7-12(20-24-4)9-14(2,3)15(10,23)6-5-11(8-13(21)22)16(17,18)19/h7-8,23H,9H2,1-4H3,(H,21,22)/b11-8+,20-12+. The predicted molar refractivity (Wildman–Crippen MR) is 81.1 cm³/mol. The van der Waals surface area contributed by atoms with Gasteiger partial charge in [0.1, 0.15) is 12.7 Å². The number of carbonyl (C=O) groups is 1. The van der Waals surface area contributed by atoms with Gasteiger partial charge in [0.2, 0.25) is 0 Å². The SMILES string of the molecule is CO/N=C1\C=C(C)C(O)(C#C/C(=C\C(=O)O)C(F)(F)F)C(C)(C)C1. The van der Waals surface area contributed by atoms with Gasteiger partial charge in [-0.3, -0.25) is 0 Å². The molecule has 0 amide bonds. The second-order valence-electron chi connectivity index (χ2n) is 6.01. The summed E-state index contributed by atoms with van der Waals surface area (Å²) in [7, 11) is 1.36. The highest BCUT2D eigenvalue weighted by atomic mass is 19.4. The molecule has 0 aliphatic heterocycles. The van der Waals surface area contributed by atoms with Crippen LogP contribution in [0.4, 0.5) is 13.2 Å². The van der Waals surface area contributed by atoms with E-state index in [9.17, 15) is 23.1 Å². The van der Waals surface area contributed by atoms with Gasteiger partial charge in [-0.05, 0) is 18.6 Å². The van der Waals surface area contributed by atoms with Crippen LogP contribution in [0.25, 0.3) is 0 Å². The molecule has 0 spiro atoms. The van der Waals surface area contributed by atoms with E-state index in [1.165, 1.54) is 20.1 Å². The van der Waals surface area contributed by atoms with Crippen molar-refractivity contribution in [2.45, 2.75) is 39.0 Å². The van der Waals surface area contributed by atoms with E-state index >= 15 is 0 Å². The molecule has 0 fully saturated rings. The highest BCUT2D eigenvalue weighted by Gasteiger charge is 2.47. The number of alkyl halides is 3. The Hall–Kier alpha value is -2.27. The molecule has 0 radical (unpaired) electrons. The summed E-state index contributed by atoms with van der Waals surface area (Å²) in [6.07, 6.45) is -3.26. The number of aliphatic hydroxyl groups is 1. The summed E-state index contributed by atoms with van der Waals surface area (Å²) in [5.74, 6) is 2.21. The van der Waals surface area contributed by atoms with Crippen LogP contribution in [0.5, 0.6) is 0 Å². The van der Waals surface area contributed by atoms with E-state index in [1.807, 2.05) is 0 Å². The van der Waals surface area contributed by atoms with Gasteiger partial charge in [-0.15, -0.1) is 0 Å². The van der Waals surface area contributed by atoms with Crippen LogP contribution in [-0.4, -0.2) is 40.8 Å². The fourth-order valence-corrected chi connectivity index (χ4v) is 2.43. The summed E-state index contributed by atoms with van der Waals surface area (Å²) in [5.41, 5.74) is -3.57. The number of hydrogen-bond acceptors (Lipinski definition) is 4. The molecule has 0 aromatic carbocycles. The van der Waals surface area contributed by atoms with Gasteiger partial charge < -0.3 is 15.1 Å². The number of hydrogen-bond donors (Lipinski definition) is 2. The van der Waals surface area contributed by atoms with Crippen LogP contribution in [0.3, 0.4) is 0 Å². The maximum absolute atomic E-state index is 12.8. The summed E-state index contributed by atoms with van der Waals surface area (Å²) in [4.78, 5) is 15.2. The van der Waals surface area contributed by atoms with Gasteiger partial charge >= 0.3 is 12.1 Å². The molecule has 0 saturated heterocycles. The number of nitrogens with zero attached hydrogens (tertiary/aromatic N) is 1. The zero-order valence-corrected chi connectivity index (χ0v) is 13.7. The summed E-state index contributed by atoms with van der Waals surface area (Å²) >= 11 is 0. The molecule has 1 rings (SSSR count). The van der Waals surface area contributed by atoms with Crippen molar-refractivity contribution < 1.29 is 33.0 Å². The maximum atomic E-state index is 12.8. The minimum atomic E-state index is -4.93. The Kier molecular flexibility index (Phi) is 5.51. The molecule has 24 heavy (non-hydrogen) atoms. The Bertz CT molecular complexity index is 678. The molecule has 2 N–H and O–H groups in total. The van der Waals surface area contributed by atoms with Crippen LogP contribution in [0, 0.1) is 17.3 Å². The fraction of sp³-hybridized carbons (Fsp3) is 0.500. The number of allylic oxidation sites excluding steroid dienone is 2. The highest BCUT2D eigenvalue weighted by molar-refractivity contribution is 5.97. The van der Waals surface area contributed by atoms with Crippen molar-refractivity contribution in [2.24, 2.45) is 10.6 Å². The van der Waals surface area contributed by atoms with E-state index in [1.54, 1.807) is 19.8 Å². The van der Waals surface area contributed by atoms with Crippen LogP contribution in [0.1, 0.15) is 27.2 Å². The van der Waals surface area contributed by atoms with Crippen LogP contribution in [0.2, 0.25) is 0 Å². The van der Waals surface area contributed by atoms with Crippen molar-refractivity contribution in [3.63, 3.8) is 0 Å². The molecule has 1 aliphatic carbocycles. The van der Waals surface area contributed by atoms with E-state index in [0.29, 0.717) is 11.3 Å². The summed E-state index contributed by atoms with van der Waals surface area (Å²) in [6, 6.07) is 0. The van der Waals surface area contributed by atoms with Crippen LogP contribution in [0.15, 0.2) is 28.5 Å². The Labute approximate surface area is 137 Å². The van der Waals surface area contributed by atoms with Gasteiger partial charge in [0.05, 0.1) is 5.71 Å². The average Bonchev–Trinajstić information content (AvgIpc) is 2.39. The lowest BCUT2D eigenvalue weighted by Gasteiger charge is -2.42. The van der Waals surface area contributed by atoms with Crippen molar-refractivity contribution in [2.75, 3.05) is 7.11 Å². The fourth-order valence-electron chi connectivity index (χ4n) is 2.43. The number of carboxylic acid groups (broad SMARTS) is 1. The van der Waals surface area contributed by atoms with Crippen molar-refractivity contribution in [3.8, 4) is 11.8 Å². The first-order valence-electron chi connectivity index (χ1n) is 6.89. The van der Waals surface area contributed by atoms with Crippen molar-refractivity contribution in [1.82, 2.24) is 0 Å². The monoisotopic (exact) mass is 345 g/mol. The summed E-state index contributed by atoms with van der Waals surface area (Å²) < 4.78 is 38.5. The zero-order chi connectivity index (χ0) is 18.8. The molecule has 5 nitrogen and oxygen atoms in total. The topological polar surface area (TPSA) is 79.1 Å². The van der Waals surface area contributed by atoms with E-state index < -0.39 is 28.7 Å².